The number of pyridine rings is 1. The fraction of sp³-hybridized carbons (Fsp3) is 0.400. The van der Waals surface area contributed by atoms with Crippen LogP contribution in [0.25, 0.3) is 0 Å². The summed E-state index contributed by atoms with van der Waals surface area (Å²) in [6.45, 7) is 1.96. The van der Waals surface area contributed by atoms with E-state index in [4.69, 9.17) is 5.11 Å². The summed E-state index contributed by atoms with van der Waals surface area (Å²) in [4.78, 5) is 14.7. The first kappa shape index (κ1) is 10.5. The molecule has 1 rings (SSSR count). The number of hydrogen-bond acceptors (Lipinski definition) is 3. The van der Waals surface area contributed by atoms with Crippen molar-refractivity contribution in [1.29, 1.82) is 0 Å². The number of nitrogens with one attached hydrogen (secondary N) is 1. The first-order valence-corrected chi connectivity index (χ1v) is 4.63. The van der Waals surface area contributed by atoms with E-state index in [9.17, 15) is 4.79 Å². The lowest BCUT2D eigenvalue weighted by atomic mass is 10.1. The highest BCUT2D eigenvalue weighted by atomic mass is 16.4. The second-order valence-electron chi connectivity index (χ2n) is 3.06. The number of carboxylic acid groups (broad SMARTS) is 1. The van der Waals surface area contributed by atoms with Gasteiger partial charge in [-0.15, -0.1) is 0 Å². The predicted molar refractivity (Wildman–Crippen MR) is 54.2 cm³/mol. The van der Waals surface area contributed by atoms with E-state index in [0.29, 0.717) is 6.42 Å². The number of hydrogen-bond donors (Lipinski definition) is 2. The molecular formula is C10H14N2O2. The van der Waals surface area contributed by atoms with E-state index in [1.807, 2.05) is 6.92 Å². The molecule has 1 aromatic rings. The molecule has 1 aromatic heterocycles. The third kappa shape index (κ3) is 3.05. The third-order valence-electron chi connectivity index (χ3n) is 1.90. The molecule has 0 saturated carbocycles. The van der Waals surface area contributed by atoms with Crippen molar-refractivity contribution in [1.82, 2.24) is 4.98 Å². The molecule has 0 fully saturated rings. The Labute approximate surface area is 83.0 Å². The van der Waals surface area contributed by atoms with Gasteiger partial charge in [-0.2, -0.15) is 0 Å². The molecule has 0 aliphatic heterocycles. The lowest BCUT2D eigenvalue weighted by Crippen LogP contribution is -2.28. The first-order valence-electron chi connectivity index (χ1n) is 4.63. The van der Waals surface area contributed by atoms with E-state index >= 15 is 0 Å². The van der Waals surface area contributed by atoms with Gasteiger partial charge in [-0.05, 0) is 18.6 Å². The Kier molecular flexibility index (Phi) is 3.91. The smallest absolute Gasteiger partial charge is 0.326 e. The van der Waals surface area contributed by atoms with Gasteiger partial charge in [0.1, 0.15) is 6.04 Å². The van der Waals surface area contributed by atoms with Crippen LogP contribution in [-0.2, 0) is 4.79 Å². The minimum Gasteiger partial charge on any atom is -0.480 e. The van der Waals surface area contributed by atoms with Crippen LogP contribution in [-0.4, -0.2) is 22.1 Å². The van der Waals surface area contributed by atoms with Crippen molar-refractivity contribution in [2.45, 2.75) is 25.8 Å². The monoisotopic (exact) mass is 194 g/mol. The Morgan fingerprint density at radius 1 is 1.57 bits per heavy atom. The highest BCUT2D eigenvalue weighted by molar-refractivity contribution is 5.77. The Bertz CT molecular complexity index is 287. The summed E-state index contributed by atoms with van der Waals surface area (Å²) < 4.78 is 0. The van der Waals surface area contributed by atoms with E-state index in [1.54, 1.807) is 24.5 Å². The van der Waals surface area contributed by atoms with Gasteiger partial charge in [0.25, 0.3) is 0 Å². The second-order valence-corrected chi connectivity index (χ2v) is 3.06. The van der Waals surface area contributed by atoms with Crippen molar-refractivity contribution < 1.29 is 9.90 Å². The molecule has 0 amide bonds. The molecule has 0 radical (unpaired) electrons. The minimum atomic E-state index is -0.816. The maximum absolute atomic E-state index is 10.8. The summed E-state index contributed by atoms with van der Waals surface area (Å²) in [6.07, 6.45) is 4.73. The van der Waals surface area contributed by atoms with Crippen molar-refractivity contribution in [3.8, 4) is 0 Å². The summed E-state index contributed by atoms with van der Waals surface area (Å²) in [5.74, 6) is -0.816. The molecule has 0 aromatic carbocycles. The summed E-state index contributed by atoms with van der Waals surface area (Å²) >= 11 is 0. The Morgan fingerprint density at radius 2 is 2.21 bits per heavy atom. The highest BCUT2D eigenvalue weighted by Crippen LogP contribution is 2.09. The molecule has 0 bridgehead atoms. The number of aliphatic carboxylic acids is 1. The second kappa shape index (κ2) is 5.21. The van der Waals surface area contributed by atoms with Crippen LogP contribution in [0.1, 0.15) is 19.8 Å². The van der Waals surface area contributed by atoms with Gasteiger partial charge in [0.05, 0.1) is 0 Å². The number of carboxylic acids is 1. The Balaban J connectivity index is 2.60. The van der Waals surface area contributed by atoms with Crippen molar-refractivity contribution in [2.24, 2.45) is 0 Å². The van der Waals surface area contributed by atoms with Gasteiger partial charge in [-0.1, -0.05) is 13.3 Å². The van der Waals surface area contributed by atoms with Crippen LogP contribution in [0, 0.1) is 0 Å². The van der Waals surface area contributed by atoms with Crippen LogP contribution in [0.5, 0.6) is 0 Å². The number of nitrogens with zero attached hydrogens (tertiary/aromatic N) is 1. The average molecular weight is 194 g/mol. The lowest BCUT2D eigenvalue weighted by molar-refractivity contribution is -0.138. The van der Waals surface area contributed by atoms with E-state index in [0.717, 1.165) is 12.1 Å². The molecule has 14 heavy (non-hydrogen) atoms. The SMILES string of the molecule is CCCC(Nc1ccncc1)C(=O)O. The molecule has 2 N–H and O–H groups in total. The topological polar surface area (TPSA) is 62.2 Å². The van der Waals surface area contributed by atoms with E-state index < -0.39 is 12.0 Å². The Hall–Kier alpha value is -1.58. The van der Waals surface area contributed by atoms with Crippen LogP contribution < -0.4 is 5.32 Å². The van der Waals surface area contributed by atoms with Crippen LogP contribution in [0.2, 0.25) is 0 Å². The summed E-state index contributed by atoms with van der Waals surface area (Å²) in [5.41, 5.74) is 0.792. The van der Waals surface area contributed by atoms with Crippen molar-refractivity contribution >= 4 is 11.7 Å². The normalized spacial score (nSPS) is 12.1. The van der Waals surface area contributed by atoms with Crippen LogP contribution in [0.4, 0.5) is 5.69 Å². The number of anilines is 1. The summed E-state index contributed by atoms with van der Waals surface area (Å²) in [7, 11) is 0. The minimum absolute atomic E-state index is 0.512. The molecule has 0 aliphatic carbocycles. The van der Waals surface area contributed by atoms with Crippen LogP contribution in [0.15, 0.2) is 24.5 Å². The molecule has 76 valence electrons. The van der Waals surface area contributed by atoms with Crippen LogP contribution in [0.3, 0.4) is 0 Å². The molecule has 0 aliphatic rings. The fourth-order valence-corrected chi connectivity index (χ4v) is 1.20. The quantitative estimate of drug-likeness (QED) is 0.749. The zero-order chi connectivity index (χ0) is 10.4. The maximum atomic E-state index is 10.8. The number of rotatable bonds is 5. The van der Waals surface area contributed by atoms with Gasteiger partial charge in [0.15, 0.2) is 0 Å². The van der Waals surface area contributed by atoms with Crippen molar-refractivity contribution in [3.05, 3.63) is 24.5 Å². The van der Waals surface area contributed by atoms with Gasteiger partial charge < -0.3 is 10.4 Å². The standard InChI is InChI=1S/C10H14N2O2/c1-2-3-9(10(13)14)12-8-4-6-11-7-5-8/h4-7,9H,2-3H2,1H3,(H,11,12)(H,13,14). The van der Waals surface area contributed by atoms with Gasteiger partial charge in [-0.25, -0.2) is 4.79 Å². The third-order valence-corrected chi connectivity index (χ3v) is 1.90. The molecule has 1 heterocycles. The van der Waals surface area contributed by atoms with Gasteiger partial charge in [-0.3, -0.25) is 4.98 Å². The molecule has 4 heteroatoms. The van der Waals surface area contributed by atoms with Gasteiger partial charge in [0, 0.05) is 18.1 Å². The van der Waals surface area contributed by atoms with Gasteiger partial charge in [0.2, 0.25) is 0 Å². The molecule has 1 unspecified atom stereocenters. The van der Waals surface area contributed by atoms with Crippen molar-refractivity contribution in [3.63, 3.8) is 0 Å². The summed E-state index contributed by atoms with van der Waals surface area (Å²) in [5, 5.41) is 11.8. The largest absolute Gasteiger partial charge is 0.480 e. The van der Waals surface area contributed by atoms with Crippen LogP contribution >= 0.6 is 0 Å². The van der Waals surface area contributed by atoms with E-state index in [-0.39, 0.29) is 0 Å². The number of aromatic nitrogens is 1. The van der Waals surface area contributed by atoms with Gasteiger partial charge >= 0.3 is 5.97 Å². The zero-order valence-electron chi connectivity index (χ0n) is 8.10. The zero-order valence-corrected chi connectivity index (χ0v) is 8.10. The average Bonchev–Trinajstić information content (AvgIpc) is 2.18. The van der Waals surface area contributed by atoms with E-state index in [2.05, 4.69) is 10.3 Å². The first-order chi connectivity index (χ1) is 6.74. The molecule has 0 saturated heterocycles. The Morgan fingerprint density at radius 3 is 2.71 bits per heavy atom. The maximum Gasteiger partial charge on any atom is 0.326 e. The summed E-state index contributed by atoms with van der Waals surface area (Å²) in [6, 6.07) is 3.00. The van der Waals surface area contributed by atoms with Crippen molar-refractivity contribution in [2.75, 3.05) is 5.32 Å². The molecule has 4 nitrogen and oxygen atoms in total. The lowest BCUT2D eigenvalue weighted by Gasteiger charge is -2.14. The van der Waals surface area contributed by atoms with E-state index in [1.165, 1.54) is 0 Å². The fourth-order valence-electron chi connectivity index (χ4n) is 1.20. The predicted octanol–water partition coefficient (Wildman–Crippen LogP) is 1.75. The molecule has 1 atom stereocenters. The molecule has 0 spiro atoms. The molecular weight excluding hydrogens is 180 g/mol. The highest BCUT2D eigenvalue weighted by Gasteiger charge is 2.15. The number of carbonyl (C=O) groups is 1.